The van der Waals surface area contributed by atoms with E-state index in [0.717, 1.165) is 0 Å². The lowest BCUT2D eigenvalue weighted by Crippen LogP contribution is -2.48. The van der Waals surface area contributed by atoms with Crippen molar-refractivity contribution in [3.63, 3.8) is 0 Å². The first-order chi connectivity index (χ1) is 12.0. The molecule has 0 spiro atoms. The van der Waals surface area contributed by atoms with E-state index in [0.29, 0.717) is 11.3 Å². The summed E-state index contributed by atoms with van der Waals surface area (Å²) in [5.74, 6) is -1.04. The molecule has 1 N–H and O–H groups in total. The first-order valence-electron chi connectivity index (χ1n) is 7.80. The van der Waals surface area contributed by atoms with Crippen LogP contribution in [0.3, 0.4) is 0 Å². The van der Waals surface area contributed by atoms with Gasteiger partial charge in [0.05, 0.1) is 18.2 Å². The van der Waals surface area contributed by atoms with Crippen molar-refractivity contribution in [2.75, 3.05) is 26.9 Å². The number of amides is 2. The molecular weight excluding hydrogens is 327 g/mol. The Hall–Kier alpha value is -2.67. The second kappa shape index (κ2) is 8.43. The van der Waals surface area contributed by atoms with E-state index in [2.05, 4.69) is 11.9 Å². The van der Waals surface area contributed by atoms with Crippen molar-refractivity contribution in [2.45, 2.75) is 13.0 Å². The van der Waals surface area contributed by atoms with E-state index in [4.69, 9.17) is 9.47 Å². The second-order valence-corrected chi connectivity index (χ2v) is 5.46. The van der Waals surface area contributed by atoms with Crippen LogP contribution in [0.25, 0.3) is 0 Å². The van der Waals surface area contributed by atoms with Crippen LogP contribution in [0, 0.1) is 5.82 Å². The standard InChI is InChI=1S/C18H21FN2O4/c1-4-8-21-12(2)15(17(22)25-10-9-24-3)16(20-18(21)23)13-6-5-7-14(19)11-13/h4-7,11,16H,1,8-10H2,2-3H3,(H,20,23)/t16-/m1/s1. The minimum Gasteiger partial charge on any atom is -0.460 e. The molecule has 134 valence electrons. The molecule has 25 heavy (non-hydrogen) atoms. The molecule has 1 aromatic carbocycles. The lowest BCUT2D eigenvalue weighted by molar-refractivity contribution is -0.140. The summed E-state index contributed by atoms with van der Waals surface area (Å²) in [6.07, 6.45) is 1.56. The van der Waals surface area contributed by atoms with Gasteiger partial charge in [0.25, 0.3) is 0 Å². The zero-order valence-electron chi connectivity index (χ0n) is 14.3. The molecule has 7 heteroatoms. The summed E-state index contributed by atoms with van der Waals surface area (Å²) in [5.41, 5.74) is 1.16. The van der Waals surface area contributed by atoms with Crippen molar-refractivity contribution in [3.05, 3.63) is 59.6 Å². The molecule has 0 saturated heterocycles. The van der Waals surface area contributed by atoms with Crippen molar-refractivity contribution in [1.82, 2.24) is 10.2 Å². The number of allylic oxidation sites excluding steroid dienone is 1. The lowest BCUT2D eigenvalue weighted by Gasteiger charge is -2.34. The predicted octanol–water partition coefficient (Wildman–Crippen LogP) is 2.54. The second-order valence-electron chi connectivity index (χ2n) is 5.46. The number of methoxy groups -OCH3 is 1. The van der Waals surface area contributed by atoms with Gasteiger partial charge in [0, 0.05) is 19.4 Å². The van der Waals surface area contributed by atoms with Gasteiger partial charge in [-0.2, -0.15) is 0 Å². The van der Waals surface area contributed by atoms with Crippen molar-refractivity contribution >= 4 is 12.0 Å². The summed E-state index contributed by atoms with van der Waals surface area (Å²) in [6.45, 7) is 5.85. The topological polar surface area (TPSA) is 67.9 Å². The molecule has 1 atom stereocenters. The third-order valence-corrected chi connectivity index (χ3v) is 3.83. The molecule has 1 heterocycles. The van der Waals surface area contributed by atoms with E-state index >= 15 is 0 Å². The molecule has 1 aliphatic heterocycles. The van der Waals surface area contributed by atoms with Gasteiger partial charge in [-0.25, -0.2) is 14.0 Å². The third kappa shape index (κ3) is 4.24. The summed E-state index contributed by atoms with van der Waals surface area (Å²) in [6, 6.07) is 4.57. The lowest BCUT2D eigenvalue weighted by atomic mass is 9.95. The molecule has 0 bridgehead atoms. The Bertz CT molecular complexity index is 702. The number of benzene rings is 1. The number of rotatable bonds is 7. The minimum atomic E-state index is -0.792. The molecule has 2 amide bonds. The maximum atomic E-state index is 13.6. The van der Waals surface area contributed by atoms with Crippen LogP contribution in [-0.4, -0.2) is 43.8 Å². The van der Waals surface area contributed by atoms with E-state index < -0.39 is 17.8 Å². The Morgan fingerprint density at radius 3 is 2.84 bits per heavy atom. The molecule has 2 rings (SSSR count). The van der Waals surface area contributed by atoms with Gasteiger partial charge in [0.1, 0.15) is 12.4 Å². The molecular formula is C18H21FN2O4. The van der Waals surface area contributed by atoms with Gasteiger partial charge >= 0.3 is 12.0 Å². The number of esters is 1. The zero-order valence-corrected chi connectivity index (χ0v) is 14.3. The van der Waals surface area contributed by atoms with Crippen LogP contribution in [-0.2, 0) is 14.3 Å². The van der Waals surface area contributed by atoms with Gasteiger partial charge in [-0.3, -0.25) is 4.90 Å². The smallest absolute Gasteiger partial charge is 0.338 e. The Kier molecular flexibility index (Phi) is 6.30. The number of urea groups is 1. The first kappa shape index (κ1) is 18.7. The largest absolute Gasteiger partial charge is 0.460 e. The van der Waals surface area contributed by atoms with Crippen LogP contribution in [0.4, 0.5) is 9.18 Å². The van der Waals surface area contributed by atoms with E-state index in [9.17, 15) is 14.0 Å². The monoisotopic (exact) mass is 348 g/mol. The maximum absolute atomic E-state index is 13.6. The van der Waals surface area contributed by atoms with Gasteiger partial charge in [0.2, 0.25) is 0 Å². The van der Waals surface area contributed by atoms with Gasteiger partial charge in [-0.05, 0) is 24.6 Å². The normalized spacial score (nSPS) is 17.3. The van der Waals surface area contributed by atoms with Crippen LogP contribution in [0.15, 0.2) is 48.2 Å². The average Bonchev–Trinajstić information content (AvgIpc) is 2.58. The molecule has 0 aromatic heterocycles. The highest BCUT2D eigenvalue weighted by molar-refractivity contribution is 5.95. The van der Waals surface area contributed by atoms with Crippen LogP contribution >= 0.6 is 0 Å². The molecule has 0 radical (unpaired) electrons. The quantitative estimate of drug-likeness (QED) is 0.467. The summed E-state index contributed by atoms with van der Waals surface area (Å²) in [7, 11) is 1.50. The number of carbonyl (C=O) groups is 2. The summed E-state index contributed by atoms with van der Waals surface area (Å²) < 4.78 is 23.7. The van der Waals surface area contributed by atoms with Crippen molar-refractivity contribution < 1.29 is 23.5 Å². The summed E-state index contributed by atoms with van der Waals surface area (Å²) >= 11 is 0. The number of nitrogens with zero attached hydrogens (tertiary/aromatic N) is 1. The fourth-order valence-electron chi connectivity index (χ4n) is 2.63. The van der Waals surface area contributed by atoms with Crippen LogP contribution in [0.5, 0.6) is 0 Å². The third-order valence-electron chi connectivity index (χ3n) is 3.83. The molecule has 0 aliphatic carbocycles. The Balaban J connectivity index is 2.43. The number of hydrogen-bond acceptors (Lipinski definition) is 4. The molecule has 0 unspecified atom stereocenters. The predicted molar refractivity (Wildman–Crippen MR) is 90.1 cm³/mol. The van der Waals surface area contributed by atoms with Crippen molar-refractivity contribution in [1.29, 1.82) is 0 Å². The van der Waals surface area contributed by atoms with Crippen LogP contribution in [0.1, 0.15) is 18.5 Å². The molecule has 0 fully saturated rings. The van der Waals surface area contributed by atoms with E-state index in [1.54, 1.807) is 19.1 Å². The Labute approximate surface area is 145 Å². The maximum Gasteiger partial charge on any atom is 0.338 e. The zero-order chi connectivity index (χ0) is 18.4. The highest BCUT2D eigenvalue weighted by Crippen LogP contribution is 2.31. The van der Waals surface area contributed by atoms with E-state index in [1.165, 1.54) is 30.2 Å². The van der Waals surface area contributed by atoms with Gasteiger partial charge in [0.15, 0.2) is 0 Å². The highest BCUT2D eigenvalue weighted by atomic mass is 19.1. The average molecular weight is 348 g/mol. The van der Waals surface area contributed by atoms with Crippen LogP contribution < -0.4 is 5.32 Å². The highest BCUT2D eigenvalue weighted by Gasteiger charge is 2.36. The van der Waals surface area contributed by atoms with Gasteiger partial charge < -0.3 is 14.8 Å². The fraction of sp³-hybridized carbons (Fsp3) is 0.333. The number of halogens is 1. The number of carbonyl (C=O) groups excluding carboxylic acids is 2. The molecule has 6 nitrogen and oxygen atoms in total. The Morgan fingerprint density at radius 1 is 1.44 bits per heavy atom. The number of ether oxygens (including phenoxy) is 2. The Morgan fingerprint density at radius 2 is 2.20 bits per heavy atom. The molecule has 0 saturated carbocycles. The van der Waals surface area contributed by atoms with Crippen molar-refractivity contribution in [2.24, 2.45) is 0 Å². The SMILES string of the molecule is C=CCN1C(=O)N[C@H](c2cccc(F)c2)C(C(=O)OCCOC)=C1C. The first-order valence-corrected chi connectivity index (χ1v) is 7.80. The minimum absolute atomic E-state index is 0.0807. The summed E-state index contributed by atoms with van der Waals surface area (Å²) in [4.78, 5) is 26.3. The number of nitrogens with one attached hydrogen (secondary N) is 1. The van der Waals surface area contributed by atoms with Gasteiger partial charge in [-0.15, -0.1) is 6.58 Å². The molecule has 1 aliphatic rings. The molecule has 1 aromatic rings. The van der Waals surface area contributed by atoms with E-state index in [1.807, 2.05) is 0 Å². The summed E-state index contributed by atoms with van der Waals surface area (Å²) in [5, 5.41) is 2.73. The van der Waals surface area contributed by atoms with E-state index in [-0.39, 0.29) is 31.4 Å². The van der Waals surface area contributed by atoms with Crippen molar-refractivity contribution in [3.8, 4) is 0 Å². The number of hydrogen-bond donors (Lipinski definition) is 1. The van der Waals surface area contributed by atoms with Gasteiger partial charge in [-0.1, -0.05) is 18.2 Å². The fourth-order valence-corrected chi connectivity index (χ4v) is 2.63. The van der Waals surface area contributed by atoms with Crippen LogP contribution in [0.2, 0.25) is 0 Å².